The molecule has 3 fully saturated rings. The van der Waals surface area contributed by atoms with E-state index < -0.39 is 5.95 Å². The second-order valence-corrected chi connectivity index (χ2v) is 9.01. The second-order valence-electron chi connectivity index (χ2n) is 7.34. The summed E-state index contributed by atoms with van der Waals surface area (Å²) in [5.74, 6) is 1.60. The summed E-state index contributed by atoms with van der Waals surface area (Å²) in [6.45, 7) is 0. The number of thioether (sulfide) groups is 1. The fraction of sp³-hybridized carbons (Fsp3) is 0.350. The highest BCUT2D eigenvalue weighted by Gasteiger charge is 2.47. The van der Waals surface area contributed by atoms with E-state index in [9.17, 15) is 9.18 Å². The van der Waals surface area contributed by atoms with Crippen molar-refractivity contribution in [2.45, 2.75) is 31.7 Å². The van der Waals surface area contributed by atoms with Crippen molar-refractivity contribution in [3.05, 3.63) is 47.1 Å². The molecule has 3 unspecified atom stereocenters. The molecule has 1 saturated heterocycles. The Kier molecular flexibility index (Phi) is 4.16. The summed E-state index contributed by atoms with van der Waals surface area (Å²) in [5.41, 5.74) is 0.298. The lowest BCUT2D eigenvalue weighted by Crippen LogP contribution is -2.41. The Balaban J connectivity index is 1.39. The molecule has 0 spiro atoms. The van der Waals surface area contributed by atoms with Crippen molar-refractivity contribution in [1.29, 1.82) is 0 Å². The van der Waals surface area contributed by atoms with Gasteiger partial charge in [-0.2, -0.15) is 4.39 Å². The molecule has 0 radical (unpaired) electrons. The van der Waals surface area contributed by atoms with Gasteiger partial charge >= 0.3 is 0 Å². The van der Waals surface area contributed by atoms with Gasteiger partial charge in [0.05, 0.1) is 10.5 Å². The van der Waals surface area contributed by atoms with Gasteiger partial charge in [-0.1, -0.05) is 30.4 Å². The molecule has 3 heterocycles. The number of carbonyl (C=O) groups excluding carboxylic acids is 1. The molecule has 2 bridgehead atoms. The van der Waals surface area contributed by atoms with Crippen LogP contribution in [0.4, 0.5) is 4.39 Å². The first-order valence-corrected chi connectivity index (χ1v) is 10.3. The van der Waals surface area contributed by atoms with Crippen LogP contribution in [-0.4, -0.2) is 26.2 Å². The Morgan fingerprint density at radius 2 is 2.19 bits per heavy atom. The van der Waals surface area contributed by atoms with Crippen molar-refractivity contribution in [2.24, 2.45) is 11.8 Å². The zero-order chi connectivity index (χ0) is 18.5. The largest absolute Gasteiger partial charge is 0.457 e. The molecular weight excluding hydrogens is 383 g/mol. The first-order valence-electron chi connectivity index (χ1n) is 9.08. The van der Waals surface area contributed by atoms with Gasteiger partial charge in [0.25, 0.3) is 5.91 Å². The maximum atomic E-state index is 13.8. The molecule has 7 heteroatoms. The number of amides is 1. The van der Waals surface area contributed by atoms with Crippen molar-refractivity contribution in [3.63, 3.8) is 0 Å². The predicted octanol–water partition coefficient (Wildman–Crippen LogP) is 4.87. The van der Waals surface area contributed by atoms with Gasteiger partial charge in [-0.05, 0) is 55.4 Å². The number of rotatable bonds is 3. The van der Waals surface area contributed by atoms with Crippen molar-refractivity contribution in [1.82, 2.24) is 9.88 Å². The fourth-order valence-electron chi connectivity index (χ4n) is 4.57. The van der Waals surface area contributed by atoms with E-state index in [1.165, 1.54) is 37.2 Å². The lowest BCUT2D eigenvalue weighted by Gasteiger charge is -2.30. The summed E-state index contributed by atoms with van der Waals surface area (Å²) < 4.78 is 20.2. The van der Waals surface area contributed by atoms with Gasteiger partial charge in [-0.15, -0.1) is 0 Å². The Labute approximate surface area is 165 Å². The van der Waals surface area contributed by atoms with Gasteiger partial charge in [0.15, 0.2) is 0 Å². The quantitative estimate of drug-likeness (QED) is 0.418. The minimum Gasteiger partial charge on any atom is -0.457 e. The number of aromatic nitrogens is 1. The molecule has 2 aromatic heterocycles. The van der Waals surface area contributed by atoms with Gasteiger partial charge in [-0.3, -0.25) is 9.69 Å². The normalized spacial score (nSPS) is 28.7. The smallest absolute Gasteiger partial charge is 0.266 e. The van der Waals surface area contributed by atoms with E-state index in [1.54, 1.807) is 30.3 Å². The molecule has 4 nitrogen and oxygen atoms in total. The number of thiocarbonyl (C=S) groups is 1. The Hall–Kier alpha value is -1.99. The maximum absolute atomic E-state index is 13.8. The number of nitrogens with zero attached hydrogens (tertiary/aromatic N) is 2. The number of carbonyl (C=O) groups is 1. The van der Waals surface area contributed by atoms with Crippen LogP contribution in [0.3, 0.4) is 0 Å². The van der Waals surface area contributed by atoms with Crippen LogP contribution in [0.1, 0.15) is 31.4 Å². The molecule has 2 aromatic rings. The molecule has 5 rings (SSSR count). The number of fused-ring (bicyclic) bond motifs is 2. The molecule has 1 amide bonds. The molecule has 3 atom stereocenters. The third-order valence-corrected chi connectivity index (χ3v) is 7.11. The van der Waals surface area contributed by atoms with E-state index in [0.29, 0.717) is 32.2 Å². The topological polar surface area (TPSA) is 46.3 Å². The van der Waals surface area contributed by atoms with Gasteiger partial charge < -0.3 is 4.42 Å². The number of hydrogen-bond acceptors (Lipinski definition) is 5. The number of pyridine rings is 1. The highest BCUT2D eigenvalue weighted by Crippen LogP contribution is 2.49. The average molecular weight is 401 g/mol. The molecule has 1 aliphatic heterocycles. The molecule has 138 valence electrons. The number of hydrogen-bond donors (Lipinski definition) is 0. The van der Waals surface area contributed by atoms with E-state index >= 15 is 0 Å². The second kappa shape index (κ2) is 6.56. The van der Waals surface area contributed by atoms with Crippen LogP contribution in [0.15, 0.2) is 39.8 Å². The summed E-state index contributed by atoms with van der Waals surface area (Å²) >= 11 is 6.82. The molecular formula is C20H17FN2O2S2. The minimum atomic E-state index is -0.582. The van der Waals surface area contributed by atoms with Crippen LogP contribution in [0.5, 0.6) is 0 Å². The van der Waals surface area contributed by atoms with Gasteiger partial charge in [0.1, 0.15) is 15.8 Å². The Bertz CT molecular complexity index is 970. The highest BCUT2D eigenvalue weighted by atomic mass is 32.2. The minimum absolute atomic E-state index is 0.0342. The molecule has 2 saturated carbocycles. The lowest BCUT2D eigenvalue weighted by molar-refractivity contribution is -0.124. The van der Waals surface area contributed by atoms with Crippen molar-refractivity contribution in [3.8, 4) is 11.3 Å². The summed E-state index contributed by atoms with van der Waals surface area (Å²) in [7, 11) is 0. The van der Waals surface area contributed by atoms with Gasteiger partial charge in [-0.25, -0.2) is 4.98 Å². The molecule has 2 aliphatic carbocycles. The fourth-order valence-corrected chi connectivity index (χ4v) is 5.92. The summed E-state index contributed by atoms with van der Waals surface area (Å²) in [6.07, 6.45) is 7.86. The molecule has 3 aliphatic rings. The standard InChI is InChI=1S/C20H17FN2O2S2/c21-18-14(2-1-7-22-18)16-6-5-13(25-16)10-17-19(24)23(20(26)27-17)15-9-11-3-4-12(15)8-11/h1-2,5-7,10-12,15H,3-4,8-9H2. The van der Waals surface area contributed by atoms with Crippen molar-refractivity contribution in [2.75, 3.05) is 0 Å². The van der Waals surface area contributed by atoms with E-state index in [2.05, 4.69) is 4.98 Å². The third-order valence-electron chi connectivity index (χ3n) is 5.78. The SMILES string of the molecule is O=C1C(=Cc2ccc(-c3cccnc3F)o2)SC(=S)N1C1CC2CCC1C2. The molecule has 0 aromatic carbocycles. The lowest BCUT2D eigenvalue weighted by atomic mass is 9.94. The molecule has 27 heavy (non-hydrogen) atoms. The summed E-state index contributed by atoms with van der Waals surface area (Å²) in [4.78, 5) is 19.0. The monoisotopic (exact) mass is 400 g/mol. The summed E-state index contributed by atoms with van der Waals surface area (Å²) in [6, 6.07) is 6.92. The van der Waals surface area contributed by atoms with Crippen LogP contribution < -0.4 is 0 Å². The van der Waals surface area contributed by atoms with Gasteiger partial charge in [0.2, 0.25) is 5.95 Å². The maximum Gasteiger partial charge on any atom is 0.266 e. The first kappa shape index (κ1) is 17.1. The molecule has 0 N–H and O–H groups in total. The number of furan rings is 1. The zero-order valence-electron chi connectivity index (χ0n) is 14.4. The van der Waals surface area contributed by atoms with Gasteiger partial charge in [0, 0.05) is 18.3 Å². The van der Waals surface area contributed by atoms with Crippen LogP contribution in [0.2, 0.25) is 0 Å². The zero-order valence-corrected chi connectivity index (χ0v) is 16.1. The van der Waals surface area contributed by atoms with E-state index in [4.69, 9.17) is 16.6 Å². The first-order chi connectivity index (χ1) is 13.1. The highest BCUT2D eigenvalue weighted by molar-refractivity contribution is 8.26. The summed E-state index contributed by atoms with van der Waals surface area (Å²) in [5, 5.41) is 0. The van der Waals surface area contributed by atoms with Crippen LogP contribution in [-0.2, 0) is 4.79 Å². The van der Waals surface area contributed by atoms with E-state index in [-0.39, 0.29) is 11.9 Å². The van der Waals surface area contributed by atoms with E-state index in [1.807, 2.05) is 4.90 Å². The Morgan fingerprint density at radius 1 is 1.30 bits per heavy atom. The van der Waals surface area contributed by atoms with Crippen LogP contribution in [0, 0.1) is 17.8 Å². The Morgan fingerprint density at radius 3 is 2.93 bits per heavy atom. The predicted molar refractivity (Wildman–Crippen MR) is 106 cm³/mol. The average Bonchev–Trinajstić information content (AvgIpc) is 3.42. The number of halogens is 1. The van der Waals surface area contributed by atoms with E-state index in [0.717, 1.165) is 12.3 Å². The van der Waals surface area contributed by atoms with Crippen LogP contribution in [0.25, 0.3) is 17.4 Å². The van der Waals surface area contributed by atoms with Crippen molar-refractivity contribution < 1.29 is 13.6 Å². The van der Waals surface area contributed by atoms with Crippen molar-refractivity contribution >= 4 is 40.3 Å². The third kappa shape index (κ3) is 2.93. The van der Waals surface area contributed by atoms with Crippen LogP contribution >= 0.6 is 24.0 Å².